The van der Waals surface area contributed by atoms with Crippen LogP contribution in [-0.4, -0.2) is 18.1 Å². The van der Waals surface area contributed by atoms with Crippen molar-refractivity contribution in [3.05, 3.63) is 57.9 Å². The molecule has 6 nitrogen and oxygen atoms in total. The zero-order valence-electron chi connectivity index (χ0n) is 12.0. The van der Waals surface area contributed by atoms with Crippen LogP contribution in [0.5, 0.6) is 0 Å². The fraction of sp³-hybridized carbons (Fsp3) is 0.286. The molecule has 0 atom stereocenters. The molecule has 0 saturated heterocycles. The van der Waals surface area contributed by atoms with Crippen LogP contribution < -0.4 is 0 Å². The largest absolute Gasteiger partial charge is 0.361 e. The zero-order valence-corrected chi connectivity index (χ0v) is 12.9. The first-order chi connectivity index (χ1) is 9.96. The molecular formula is C14H18NO5P. The van der Waals surface area contributed by atoms with Crippen molar-refractivity contribution in [2.24, 2.45) is 0 Å². The maximum atomic E-state index is 12.6. The van der Waals surface area contributed by atoms with Crippen molar-refractivity contribution in [1.29, 1.82) is 0 Å². The minimum absolute atomic E-state index is 0.00916. The molecule has 0 aliphatic carbocycles. The minimum atomic E-state index is -3.42. The maximum Gasteiger partial charge on any atom is 0.361 e. The summed E-state index contributed by atoms with van der Waals surface area (Å²) in [5.41, 5.74) is 0.639. The number of benzene rings is 1. The quantitative estimate of drug-likeness (QED) is 0.308. The highest BCUT2D eigenvalue weighted by atomic mass is 31.2. The van der Waals surface area contributed by atoms with Crippen LogP contribution in [0.1, 0.15) is 19.4 Å². The summed E-state index contributed by atoms with van der Waals surface area (Å²) in [5, 5.41) is 10.9. The van der Waals surface area contributed by atoms with Gasteiger partial charge in [-0.25, -0.2) is 0 Å². The number of nitrogens with zero attached hydrogens (tertiary/aromatic N) is 1. The Morgan fingerprint density at radius 2 is 1.81 bits per heavy atom. The Kier molecular flexibility index (Phi) is 6.49. The summed E-state index contributed by atoms with van der Waals surface area (Å²) in [6, 6.07) is 5.87. The first kappa shape index (κ1) is 17.3. The molecule has 114 valence electrons. The number of hydrogen-bond acceptors (Lipinski definition) is 5. The van der Waals surface area contributed by atoms with Gasteiger partial charge in [-0.1, -0.05) is 12.7 Å². The molecule has 0 spiro atoms. The van der Waals surface area contributed by atoms with Crippen molar-refractivity contribution in [2.45, 2.75) is 13.8 Å². The number of hydrogen-bond donors (Lipinski definition) is 0. The number of nitro groups is 1. The first-order valence-corrected chi connectivity index (χ1v) is 7.99. The summed E-state index contributed by atoms with van der Waals surface area (Å²) in [6.45, 7) is 7.54. The minimum Gasteiger partial charge on any atom is -0.305 e. The van der Waals surface area contributed by atoms with E-state index in [-0.39, 0.29) is 18.9 Å². The molecule has 0 radical (unpaired) electrons. The Labute approximate surface area is 123 Å². The molecule has 0 fully saturated rings. The Morgan fingerprint density at radius 1 is 1.29 bits per heavy atom. The second-order valence-corrected chi connectivity index (χ2v) is 5.98. The molecule has 7 heteroatoms. The van der Waals surface area contributed by atoms with E-state index in [0.717, 1.165) is 0 Å². The van der Waals surface area contributed by atoms with E-state index in [2.05, 4.69) is 6.58 Å². The molecule has 0 aliphatic rings. The lowest BCUT2D eigenvalue weighted by Crippen LogP contribution is -1.97. The number of allylic oxidation sites excluding steroid dienone is 2. The number of nitro benzene ring substituents is 1. The third-order valence-electron chi connectivity index (χ3n) is 2.54. The molecule has 0 amide bonds. The van der Waals surface area contributed by atoms with Gasteiger partial charge >= 0.3 is 7.60 Å². The highest BCUT2D eigenvalue weighted by Gasteiger charge is 2.27. The molecule has 0 unspecified atom stereocenters. The molecule has 21 heavy (non-hydrogen) atoms. The maximum absolute atomic E-state index is 12.6. The normalized spacial score (nSPS) is 12.2. The van der Waals surface area contributed by atoms with E-state index in [0.29, 0.717) is 10.9 Å². The second-order valence-electron chi connectivity index (χ2n) is 3.95. The van der Waals surface area contributed by atoms with Gasteiger partial charge in [-0.2, -0.15) is 0 Å². The van der Waals surface area contributed by atoms with Crippen molar-refractivity contribution < 1.29 is 18.5 Å². The average molecular weight is 311 g/mol. The van der Waals surface area contributed by atoms with Crippen molar-refractivity contribution in [3.63, 3.8) is 0 Å². The molecule has 0 bridgehead atoms. The van der Waals surface area contributed by atoms with Crippen molar-refractivity contribution in [3.8, 4) is 0 Å². The van der Waals surface area contributed by atoms with E-state index in [9.17, 15) is 14.7 Å². The van der Waals surface area contributed by atoms with E-state index in [1.54, 1.807) is 32.1 Å². The van der Waals surface area contributed by atoms with E-state index in [1.807, 2.05) is 0 Å². The van der Waals surface area contributed by atoms with Crippen LogP contribution in [0.3, 0.4) is 0 Å². The third-order valence-corrected chi connectivity index (χ3v) is 4.68. The van der Waals surface area contributed by atoms with E-state index >= 15 is 0 Å². The molecule has 1 aromatic rings. The van der Waals surface area contributed by atoms with Crippen LogP contribution in [0.25, 0.3) is 6.08 Å². The number of rotatable bonds is 8. The average Bonchev–Trinajstić information content (AvgIpc) is 2.45. The van der Waals surface area contributed by atoms with Crippen LogP contribution in [0.15, 0.2) is 42.2 Å². The van der Waals surface area contributed by atoms with Gasteiger partial charge in [0.15, 0.2) is 0 Å². The Bertz CT molecular complexity index is 570. The molecule has 0 aliphatic heterocycles. The summed E-state index contributed by atoms with van der Waals surface area (Å²) in [4.78, 5) is 10.1. The molecule has 0 heterocycles. The van der Waals surface area contributed by atoms with Gasteiger partial charge in [-0.05, 0) is 37.6 Å². The highest BCUT2D eigenvalue weighted by molar-refractivity contribution is 7.59. The van der Waals surface area contributed by atoms with Gasteiger partial charge in [0, 0.05) is 12.1 Å². The fourth-order valence-corrected chi connectivity index (χ4v) is 3.22. The third kappa shape index (κ3) is 4.63. The van der Waals surface area contributed by atoms with Crippen LogP contribution >= 0.6 is 7.60 Å². The van der Waals surface area contributed by atoms with E-state index in [1.165, 1.54) is 18.2 Å². The molecule has 1 aromatic carbocycles. The Balaban J connectivity index is 3.14. The zero-order chi connectivity index (χ0) is 15.9. The van der Waals surface area contributed by atoms with Gasteiger partial charge in [-0.15, -0.1) is 0 Å². The van der Waals surface area contributed by atoms with Crippen molar-refractivity contribution >= 4 is 19.4 Å². The lowest BCUT2D eigenvalue weighted by atomic mass is 10.2. The van der Waals surface area contributed by atoms with Crippen LogP contribution in [0.4, 0.5) is 5.69 Å². The van der Waals surface area contributed by atoms with E-state index in [4.69, 9.17) is 9.05 Å². The summed E-state index contributed by atoms with van der Waals surface area (Å²) >= 11 is 0. The van der Waals surface area contributed by atoms with Gasteiger partial charge in [0.1, 0.15) is 0 Å². The first-order valence-electron chi connectivity index (χ1n) is 6.45. The Morgan fingerprint density at radius 3 is 2.19 bits per heavy atom. The smallest absolute Gasteiger partial charge is 0.305 e. The van der Waals surface area contributed by atoms with E-state index < -0.39 is 12.5 Å². The van der Waals surface area contributed by atoms with Crippen LogP contribution in [-0.2, 0) is 13.6 Å². The predicted molar refractivity (Wildman–Crippen MR) is 82.1 cm³/mol. The molecule has 0 saturated carbocycles. The SMILES string of the molecule is C=C/C(=C/c1ccc([N+](=O)[O-])cc1)P(=O)(OCC)OCC. The Hall–Kier alpha value is -1.75. The van der Waals surface area contributed by atoms with Crippen molar-refractivity contribution in [2.75, 3.05) is 13.2 Å². The summed E-state index contributed by atoms with van der Waals surface area (Å²) in [6.07, 6.45) is 3.00. The van der Waals surface area contributed by atoms with Gasteiger partial charge < -0.3 is 9.05 Å². The molecule has 0 aromatic heterocycles. The number of non-ortho nitro benzene ring substituents is 1. The van der Waals surface area contributed by atoms with Gasteiger partial charge in [0.2, 0.25) is 0 Å². The topological polar surface area (TPSA) is 78.7 Å². The molecule has 0 N–H and O–H groups in total. The fourth-order valence-electron chi connectivity index (χ4n) is 1.64. The molecular weight excluding hydrogens is 293 g/mol. The molecule has 1 rings (SSSR count). The summed E-state index contributed by atoms with van der Waals surface area (Å²) in [7, 11) is -3.42. The van der Waals surface area contributed by atoms with Gasteiger partial charge in [-0.3, -0.25) is 14.7 Å². The second kappa shape index (κ2) is 7.88. The lowest BCUT2D eigenvalue weighted by molar-refractivity contribution is -0.384. The van der Waals surface area contributed by atoms with Gasteiger partial charge in [0.25, 0.3) is 5.69 Å². The highest BCUT2D eigenvalue weighted by Crippen LogP contribution is 2.56. The summed E-state index contributed by atoms with van der Waals surface area (Å²) < 4.78 is 23.1. The van der Waals surface area contributed by atoms with Crippen LogP contribution in [0, 0.1) is 10.1 Å². The van der Waals surface area contributed by atoms with Crippen LogP contribution in [0.2, 0.25) is 0 Å². The predicted octanol–water partition coefficient (Wildman–Crippen LogP) is 4.39. The lowest BCUT2D eigenvalue weighted by Gasteiger charge is -2.17. The standard InChI is InChI=1S/C14H18NO5P/c1-4-14(21(18,19-5-2)20-6-3)11-12-7-9-13(10-8-12)15(16)17/h4,7-11H,1,5-6H2,2-3H3/b14-11-. The van der Waals surface area contributed by atoms with Gasteiger partial charge in [0.05, 0.1) is 23.5 Å². The monoisotopic (exact) mass is 311 g/mol. The van der Waals surface area contributed by atoms with Crippen molar-refractivity contribution in [1.82, 2.24) is 0 Å². The summed E-state index contributed by atoms with van der Waals surface area (Å²) in [5.74, 6) is 0.